The van der Waals surface area contributed by atoms with Crippen LogP contribution in [0.1, 0.15) is 55.3 Å². The molecule has 1 aromatic heterocycles. The van der Waals surface area contributed by atoms with Crippen molar-refractivity contribution in [3.8, 4) is 5.88 Å². The highest BCUT2D eigenvalue weighted by Crippen LogP contribution is 2.28. The number of hydrogen-bond donors (Lipinski definition) is 2. The van der Waals surface area contributed by atoms with Crippen LogP contribution in [0.4, 0.5) is 0 Å². The lowest BCUT2D eigenvalue weighted by molar-refractivity contribution is 0.202. The number of amidine groups is 1. The van der Waals surface area contributed by atoms with Gasteiger partial charge in [-0.3, -0.25) is 5.41 Å². The highest BCUT2D eigenvalue weighted by atomic mass is 16.5. The summed E-state index contributed by atoms with van der Waals surface area (Å²) in [5.74, 6) is 1.27. The molecule has 1 heterocycles. The molecule has 0 aliphatic heterocycles. The topological polar surface area (TPSA) is 72.0 Å². The van der Waals surface area contributed by atoms with Crippen molar-refractivity contribution < 1.29 is 4.74 Å². The summed E-state index contributed by atoms with van der Waals surface area (Å²) in [4.78, 5) is 4.62. The molecular formula is C16H23N3O. The number of nitrogens with one attached hydrogen (secondary N) is 1. The molecule has 2 aliphatic rings. The second-order valence-electron chi connectivity index (χ2n) is 6.03. The normalized spacial score (nSPS) is 18.8. The number of aryl methyl sites for hydroxylation is 2. The molecule has 0 unspecified atom stereocenters. The van der Waals surface area contributed by atoms with E-state index in [2.05, 4.69) is 4.98 Å². The molecule has 1 saturated carbocycles. The molecule has 1 aromatic rings. The van der Waals surface area contributed by atoms with Crippen LogP contribution >= 0.6 is 0 Å². The van der Waals surface area contributed by atoms with E-state index in [1.165, 1.54) is 37.7 Å². The third kappa shape index (κ3) is 2.79. The second kappa shape index (κ2) is 5.81. The number of aromatic nitrogens is 1. The minimum absolute atomic E-state index is 0.0610. The van der Waals surface area contributed by atoms with Crippen LogP contribution in [0, 0.1) is 11.3 Å². The quantitative estimate of drug-likeness (QED) is 0.654. The third-order valence-corrected chi connectivity index (χ3v) is 4.49. The van der Waals surface area contributed by atoms with Gasteiger partial charge in [0.25, 0.3) is 0 Å². The standard InChI is InChI=1S/C16H23N3O/c17-15(18)13-9-12-7-4-8-14(12)19-16(13)20-10-11-5-2-1-3-6-11/h9,11H,1-8,10H2,(H3,17,18). The van der Waals surface area contributed by atoms with E-state index >= 15 is 0 Å². The zero-order valence-electron chi connectivity index (χ0n) is 12.0. The number of rotatable bonds is 4. The van der Waals surface area contributed by atoms with Gasteiger partial charge in [0.15, 0.2) is 0 Å². The number of hydrogen-bond acceptors (Lipinski definition) is 3. The first kappa shape index (κ1) is 13.4. The van der Waals surface area contributed by atoms with Gasteiger partial charge in [-0.05, 0) is 49.7 Å². The summed E-state index contributed by atoms with van der Waals surface area (Å²) in [6.45, 7) is 0.714. The number of fused-ring (bicyclic) bond motifs is 1. The molecule has 108 valence electrons. The van der Waals surface area contributed by atoms with E-state index in [1.807, 2.05) is 6.07 Å². The number of nitrogens with zero attached hydrogens (tertiary/aromatic N) is 1. The average Bonchev–Trinajstić information content (AvgIpc) is 2.92. The Morgan fingerprint density at radius 3 is 2.80 bits per heavy atom. The maximum atomic E-state index is 7.72. The molecule has 2 aliphatic carbocycles. The fraction of sp³-hybridized carbons (Fsp3) is 0.625. The van der Waals surface area contributed by atoms with E-state index < -0.39 is 0 Å². The molecule has 3 rings (SSSR count). The molecule has 0 spiro atoms. The minimum Gasteiger partial charge on any atom is -0.477 e. The van der Waals surface area contributed by atoms with E-state index in [0.29, 0.717) is 24.0 Å². The predicted molar refractivity (Wildman–Crippen MR) is 79.3 cm³/mol. The number of ether oxygens (including phenoxy) is 1. The number of nitrogens with two attached hydrogens (primary N) is 1. The molecule has 4 heteroatoms. The van der Waals surface area contributed by atoms with Gasteiger partial charge in [-0.15, -0.1) is 0 Å². The summed E-state index contributed by atoms with van der Waals surface area (Å²) in [6.07, 6.45) is 9.69. The predicted octanol–water partition coefficient (Wildman–Crippen LogP) is 2.81. The van der Waals surface area contributed by atoms with Crippen molar-refractivity contribution >= 4 is 5.84 Å². The van der Waals surface area contributed by atoms with Crippen molar-refractivity contribution in [2.75, 3.05) is 6.61 Å². The van der Waals surface area contributed by atoms with Gasteiger partial charge < -0.3 is 10.5 Å². The molecular weight excluding hydrogens is 250 g/mol. The molecule has 0 bridgehead atoms. The zero-order chi connectivity index (χ0) is 13.9. The van der Waals surface area contributed by atoms with Crippen LogP contribution in [0.2, 0.25) is 0 Å². The Hall–Kier alpha value is -1.58. The maximum Gasteiger partial charge on any atom is 0.224 e. The molecule has 0 saturated heterocycles. The monoisotopic (exact) mass is 273 g/mol. The largest absolute Gasteiger partial charge is 0.477 e. The van der Waals surface area contributed by atoms with Crippen LogP contribution in [0.15, 0.2) is 6.07 Å². The zero-order valence-corrected chi connectivity index (χ0v) is 12.0. The summed E-state index contributed by atoms with van der Waals surface area (Å²) in [5, 5.41) is 7.72. The van der Waals surface area contributed by atoms with Gasteiger partial charge in [-0.2, -0.15) is 0 Å². The molecule has 0 radical (unpaired) electrons. The van der Waals surface area contributed by atoms with Gasteiger partial charge in [0.1, 0.15) is 5.84 Å². The highest BCUT2D eigenvalue weighted by molar-refractivity contribution is 5.97. The van der Waals surface area contributed by atoms with Crippen molar-refractivity contribution in [3.05, 3.63) is 22.9 Å². The van der Waals surface area contributed by atoms with E-state index in [4.69, 9.17) is 15.9 Å². The lowest BCUT2D eigenvalue weighted by atomic mass is 9.90. The van der Waals surface area contributed by atoms with Crippen molar-refractivity contribution in [2.24, 2.45) is 11.7 Å². The summed E-state index contributed by atoms with van der Waals surface area (Å²) in [6, 6.07) is 2.01. The average molecular weight is 273 g/mol. The van der Waals surface area contributed by atoms with Crippen LogP contribution in [-0.2, 0) is 12.8 Å². The first-order chi connectivity index (χ1) is 9.74. The molecule has 0 atom stereocenters. The van der Waals surface area contributed by atoms with Gasteiger partial charge >= 0.3 is 0 Å². The van der Waals surface area contributed by atoms with E-state index in [0.717, 1.165) is 25.0 Å². The van der Waals surface area contributed by atoms with E-state index in [1.54, 1.807) is 0 Å². The van der Waals surface area contributed by atoms with Gasteiger partial charge in [-0.25, -0.2) is 4.98 Å². The summed E-state index contributed by atoms with van der Waals surface area (Å²) in [5.41, 5.74) is 8.72. The van der Waals surface area contributed by atoms with Crippen molar-refractivity contribution in [2.45, 2.75) is 51.4 Å². The van der Waals surface area contributed by atoms with Gasteiger partial charge in [-0.1, -0.05) is 19.3 Å². The van der Waals surface area contributed by atoms with Crippen molar-refractivity contribution in [3.63, 3.8) is 0 Å². The Balaban J connectivity index is 1.75. The van der Waals surface area contributed by atoms with Gasteiger partial charge in [0.05, 0.1) is 12.2 Å². The van der Waals surface area contributed by atoms with Gasteiger partial charge in [0, 0.05) is 5.69 Å². The SMILES string of the molecule is N=C(N)c1cc2c(nc1OCC1CCCCC1)CCC2. The van der Waals surface area contributed by atoms with Crippen molar-refractivity contribution in [1.82, 2.24) is 4.98 Å². The molecule has 4 nitrogen and oxygen atoms in total. The van der Waals surface area contributed by atoms with Crippen LogP contribution < -0.4 is 10.5 Å². The fourth-order valence-corrected chi connectivity index (χ4v) is 3.31. The summed E-state index contributed by atoms with van der Waals surface area (Å²) in [7, 11) is 0. The number of pyridine rings is 1. The Morgan fingerprint density at radius 1 is 1.25 bits per heavy atom. The summed E-state index contributed by atoms with van der Waals surface area (Å²) < 4.78 is 5.93. The molecule has 20 heavy (non-hydrogen) atoms. The lowest BCUT2D eigenvalue weighted by Gasteiger charge is -2.22. The smallest absolute Gasteiger partial charge is 0.224 e. The summed E-state index contributed by atoms with van der Waals surface area (Å²) >= 11 is 0. The van der Waals surface area contributed by atoms with E-state index in [9.17, 15) is 0 Å². The van der Waals surface area contributed by atoms with Crippen LogP contribution in [0.3, 0.4) is 0 Å². The fourth-order valence-electron chi connectivity index (χ4n) is 3.31. The molecule has 0 aromatic carbocycles. The van der Waals surface area contributed by atoms with Crippen LogP contribution in [0.25, 0.3) is 0 Å². The van der Waals surface area contributed by atoms with Crippen LogP contribution in [0.5, 0.6) is 5.88 Å². The minimum atomic E-state index is 0.0610. The molecule has 3 N–H and O–H groups in total. The molecule has 0 amide bonds. The van der Waals surface area contributed by atoms with Crippen LogP contribution in [-0.4, -0.2) is 17.4 Å². The van der Waals surface area contributed by atoms with Crippen molar-refractivity contribution in [1.29, 1.82) is 5.41 Å². The Morgan fingerprint density at radius 2 is 2.05 bits per heavy atom. The maximum absolute atomic E-state index is 7.72. The van der Waals surface area contributed by atoms with Gasteiger partial charge in [0.2, 0.25) is 5.88 Å². The highest BCUT2D eigenvalue weighted by Gasteiger charge is 2.20. The second-order valence-corrected chi connectivity index (χ2v) is 6.03. The Labute approximate surface area is 120 Å². The Kier molecular flexibility index (Phi) is 3.90. The first-order valence-corrected chi connectivity index (χ1v) is 7.74. The first-order valence-electron chi connectivity index (χ1n) is 7.74. The number of nitrogen functional groups attached to an aromatic ring is 1. The lowest BCUT2D eigenvalue weighted by Crippen LogP contribution is -2.19. The van der Waals surface area contributed by atoms with E-state index in [-0.39, 0.29) is 5.84 Å². The molecule has 1 fully saturated rings. The Bertz CT molecular complexity index is 507. The third-order valence-electron chi connectivity index (χ3n) is 4.49.